The maximum atomic E-state index is 13.3. The SMILES string of the molecule is Cc1cccc(S(=O)(=O)C2(C)CCOC(C3=CC(OCC(F)F)=NC3)C2)c1. The van der Waals surface area contributed by atoms with E-state index >= 15 is 0 Å². The molecule has 0 bridgehead atoms. The van der Waals surface area contributed by atoms with Crippen LogP contribution in [0.5, 0.6) is 0 Å². The standard InChI is InChI=1S/C19H23F2NO4S/c1-13-4-3-5-15(8-13)27(23,24)19(2)6-7-25-16(10-19)14-9-18(22-11-14)26-12-17(20)21/h3-5,8-9,16-17H,6-7,10-12H2,1-2H3. The first-order valence-electron chi connectivity index (χ1n) is 8.80. The third-order valence-corrected chi connectivity index (χ3v) is 7.56. The zero-order valence-electron chi connectivity index (χ0n) is 15.3. The van der Waals surface area contributed by atoms with Crippen molar-refractivity contribution in [2.45, 2.75) is 48.9 Å². The van der Waals surface area contributed by atoms with Crippen LogP contribution in [0.3, 0.4) is 0 Å². The van der Waals surface area contributed by atoms with Crippen molar-refractivity contribution in [1.82, 2.24) is 0 Å². The zero-order valence-corrected chi connectivity index (χ0v) is 16.1. The van der Waals surface area contributed by atoms with Crippen molar-refractivity contribution in [2.75, 3.05) is 19.8 Å². The summed E-state index contributed by atoms with van der Waals surface area (Å²) in [7, 11) is -3.56. The van der Waals surface area contributed by atoms with Gasteiger partial charge in [-0.25, -0.2) is 22.2 Å². The van der Waals surface area contributed by atoms with Crippen LogP contribution < -0.4 is 0 Å². The number of aliphatic imine (C=N–C) groups is 1. The Morgan fingerprint density at radius 3 is 2.89 bits per heavy atom. The van der Waals surface area contributed by atoms with Gasteiger partial charge in [0.05, 0.1) is 22.3 Å². The number of ether oxygens (including phenoxy) is 2. The number of halogens is 2. The predicted molar refractivity (Wildman–Crippen MR) is 98.1 cm³/mol. The van der Waals surface area contributed by atoms with E-state index < -0.39 is 33.7 Å². The highest BCUT2D eigenvalue weighted by Crippen LogP contribution is 2.39. The van der Waals surface area contributed by atoms with E-state index in [1.807, 2.05) is 13.0 Å². The van der Waals surface area contributed by atoms with Gasteiger partial charge in [0.1, 0.15) is 0 Å². The first-order chi connectivity index (χ1) is 12.7. The van der Waals surface area contributed by atoms with Crippen LogP contribution in [-0.2, 0) is 19.3 Å². The van der Waals surface area contributed by atoms with Crippen LogP contribution in [0.25, 0.3) is 0 Å². The summed E-state index contributed by atoms with van der Waals surface area (Å²) in [6, 6.07) is 6.89. The number of aryl methyl sites for hydroxylation is 1. The van der Waals surface area contributed by atoms with Gasteiger partial charge in [0, 0.05) is 12.7 Å². The normalized spacial score (nSPS) is 26.0. The van der Waals surface area contributed by atoms with E-state index in [4.69, 9.17) is 9.47 Å². The number of rotatable bonds is 5. The summed E-state index contributed by atoms with van der Waals surface area (Å²) >= 11 is 0. The molecule has 1 fully saturated rings. The lowest BCUT2D eigenvalue weighted by Gasteiger charge is -2.38. The molecule has 1 aromatic rings. The van der Waals surface area contributed by atoms with Crippen molar-refractivity contribution in [2.24, 2.45) is 4.99 Å². The molecule has 2 unspecified atom stereocenters. The summed E-state index contributed by atoms with van der Waals surface area (Å²) in [4.78, 5) is 4.39. The van der Waals surface area contributed by atoms with E-state index in [1.165, 1.54) is 0 Å². The van der Waals surface area contributed by atoms with Crippen LogP contribution in [-0.4, -0.2) is 51.4 Å². The highest BCUT2D eigenvalue weighted by Gasteiger charge is 2.45. The number of sulfone groups is 1. The van der Waals surface area contributed by atoms with Crippen LogP contribution in [0, 0.1) is 6.92 Å². The second kappa shape index (κ2) is 7.67. The van der Waals surface area contributed by atoms with Gasteiger partial charge in [0.15, 0.2) is 16.4 Å². The van der Waals surface area contributed by atoms with Crippen molar-refractivity contribution in [1.29, 1.82) is 0 Å². The smallest absolute Gasteiger partial charge is 0.272 e. The lowest BCUT2D eigenvalue weighted by atomic mass is 9.92. The Hall–Kier alpha value is -1.80. The minimum Gasteiger partial charge on any atom is -0.472 e. The molecule has 0 N–H and O–H groups in total. The topological polar surface area (TPSA) is 65.0 Å². The van der Waals surface area contributed by atoms with Crippen molar-refractivity contribution in [3.63, 3.8) is 0 Å². The van der Waals surface area contributed by atoms with Crippen molar-refractivity contribution in [3.8, 4) is 0 Å². The third-order valence-electron chi connectivity index (χ3n) is 5.01. The van der Waals surface area contributed by atoms with Crippen LogP contribution >= 0.6 is 0 Å². The van der Waals surface area contributed by atoms with Gasteiger partial charge in [-0.3, -0.25) is 0 Å². The molecule has 0 aliphatic carbocycles. The monoisotopic (exact) mass is 399 g/mol. The highest BCUT2D eigenvalue weighted by molar-refractivity contribution is 7.92. The Balaban J connectivity index is 1.77. The second-order valence-corrected chi connectivity index (χ2v) is 9.62. The lowest BCUT2D eigenvalue weighted by Crippen LogP contribution is -2.45. The largest absolute Gasteiger partial charge is 0.472 e. The summed E-state index contributed by atoms with van der Waals surface area (Å²) in [5.74, 6) is 0.141. The number of hydrogen-bond donors (Lipinski definition) is 0. The quantitative estimate of drug-likeness (QED) is 0.762. The Kier molecular flexibility index (Phi) is 5.67. The van der Waals surface area contributed by atoms with Gasteiger partial charge in [0.2, 0.25) is 5.90 Å². The Labute approximate surface area is 158 Å². The maximum Gasteiger partial charge on any atom is 0.272 e. The molecular formula is C19H23F2NO4S. The zero-order chi connectivity index (χ0) is 19.7. The molecule has 8 heteroatoms. The number of nitrogens with zero attached hydrogens (tertiary/aromatic N) is 1. The van der Waals surface area contributed by atoms with E-state index in [0.29, 0.717) is 17.9 Å². The van der Waals surface area contributed by atoms with Gasteiger partial charge >= 0.3 is 0 Å². The van der Waals surface area contributed by atoms with E-state index in [-0.39, 0.29) is 18.9 Å². The van der Waals surface area contributed by atoms with E-state index in [2.05, 4.69) is 4.99 Å². The maximum absolute atomic E-state index is 13.3. The molecular weight excluding hydrogens is 376 g/mol. The Morgan fingerprint density at radius 1 is 1.41 bits per heavy atom. The Bertz CT molecular complexity index is 866. The van der Waals surface area contributed by atoms with Gasteiger partial charge in [-0.05, 0) is 50.0 Å². The van der Waals surface area contributed by atoms with E-state index in [0.717, 1.165) is 11.1 Å². The molecule has 1 saturated heterocycles. The number of alkyl halides is 2. The molecule has 0 saturated carbocycles. The van der Waals surface area contributed by atoms with Crippen molar-refractivity contribution >= 4 is 15.7 Å². The minimum atomic E-state index is -3.56. The molecule has 2 atom stereocenters. The second-order valence-electron chi connectivity index (χ2n) is 7.16. The van der Waals surface area contributed by atoms with Gasteiger partial charge < -0.3 is 9.47 Å². The predicted octanol–water partition coefficient (Wildman–Crippen LogP) is 3.33. The first kappa shape index (κ1) is 19.9. The summed E-state index contributed by atoms with van der Waals surface area (Å²) in [5.41, 5.74) is 1.64. The molecule has 2 aliphatic heterocycles. The summed E-state index contributed by atoms with van der Waals surface area (Å²) in [5, 5.41) is 0. The third kappa shape index (κ3) is 4.21. The molecule has 0 radical (unpaired) electrons. The van der Waals surface area contributed by atoms with Crippen LogP contribution in [0.1, 0.15) is 25.3 Å². The molecule has 2 aliphatic rings. The fourth-order valence-corrected chi connectivity index (χ4v) is 5.26. The van der Waals surface area contributed by atoms with Crippen molar-refractivity contribution < 1.29 is 26.7 Å². The summed E-state index contributed by atoms with van der Waals surface area (Å²) < 4.78 is 60.8. The molecule has 148 valence electrons. The average Bonchev–Trinajstić information content (AvgIpc) is 3.09. The van der Waals surface area contributed by atoms with Crippen LogP contribution in [0.4, 0.5) is 8.78 Å². The summed E-state index contributed by atoms with van der Waals surface area (Å²) in [6.45, 7) is 3.45. The van der Waals surface area contributed by atoms with Crippen molar-refractivity contribution in [3.05, 3.63) is 41.5 Å². The van der Waals surface area contributed by atoms with Crippen LogP contribution in [0.2, 0.25) is 0 Å². The molecule has 3 rings (SSSR count). The molecule has 1 aromatic carbocycles. The van der Waals surface area contributed by atoms with Gasteiger partial charge in [-0.15, -0.1) is 0 Å². The summed E-state index contributed by atoms with van der Waals surface area (Å²) in [6.07, 6.45) is -0.744. The molecule has 0 amide bonds. The minimum absolute atomic E-state index is 0.141. The first-order valence-corrected chi connectivity index (χ1v) is 10.3. The number of benzene rings is 1. The Morgan fingerprint density at radius 2 is 2.19 bits per heavy atom. The molecule has 0 aromatic heterocycles. The average molecular weight is 399 g/mol. The molecule has 5 nitrogen and oxygen atoms in total. The number of hydrogen-bond acceptors (Lipinski definition) is 5. The molecule has 0 spiro atoms. The van der Waals surface area contributed by atoms with Gasteiger partial charge in [-0.1, -0.05) is 12.1 Å². The molecule has 2 heterocycles. The van der Waals surface area contributed by atoms with Crippen LogP contribution in [0.15, 0.2) is 45.8 Å². The highest BCUT2D eigenvalue weighted by atomic mass is 32.2. The van der Waals surface area contributed by atoms with E-state index in [1.54, 1.807) is 31.2 Å². The lowest BCUT2D eigenvalue weighted by molar-refractivity contribution is 0.0236. The molecule has 27 heavy (non-hydrogen) atoms. The van der Waals surface area contributed by atoms with E-state index in [9.17, 15) is 17.2 Å². The van der Waals surface area contributed by atoms with Gasteiger partial charge in [-0.2, -0.15) is 0 Å². The van der Waals surface area contributed by atoms with Gasteiger partial charge in [0.25, 0.3) is 6.43 Å². The fourth-order valence-electron chi connectivity index (χ4n) is 3.37. The fraction of sp³-hybridized carbons (Fsp3) is 0.526.